The van der Waals surface area contributed by atoms with Gasteiger partial charge in [0.15, 0.2) is 0 Å². The fourth-order valence-electron chi connectivity index (χ4n) is 4.53. The Labute approximate surface area is 184 Å². The summed E-state index contributed by atoms with van der Waals surface area (Å²) in [7, 11) is 0. The monoisotopic (exact) mass is 433 g/mol. The van der Waals surface area contributed by atoms with Crippen molar-refractivity contribution in [2.75, 3.05) is 23.3 Å². The molecule has 2 aromatic rings. The van der Waals surface area contributed by atoms with Crippen LogP contribution in [0.4, 0.5) is 11.4 Å². The van der Waals surface area contributed by atoms with Crippen LogP contribution in [0.1, 0.15) is 39.1 Å². The van der Waals surface area contributed by atoms with Crippen LogP contribution in [0.15, 0.2) is 42.5 Å². The number of amides is 4. The molecule has 0 spiro atoms. The van der Waals surface area contributed by atoms with Gasteiger partial charge in [-0.25, -0.2) is 0 Å². The van der Waals surface area contributed by atoms with Crippen molar-refractivity contribution in [3.05, 3.63) is 59.2 Å². The lowest BCUT2D eigenvalue weighted by atomic mass is 10.0. The molecule has 9 nitrogen and oxygen atoms in total. The zero-order chi connectivity index (χ0) is 22.4. The molecule has 0 radical (unpaired) electrons. The Bertz CT molecular complexity index is 1140. The van der Waals surface area contributed by atoms with Crippen LogP contribution >= 0.6 is 0 Å². The van der Waals surface area contributed by atoms with E-state index in [2.05, 4.69) is 15.5 Å². The summed E-state index contributed by atoms with van der Waals surface area (Å²) in [6, 6.07) is 12.2. The molecule has 3 heterocycles. The van der Waals surface area contributed by atoms with Gasteiger partial charge in [0, 0.05) is 32.1 Å². The summed E-state index contributed by atoms with van der Waals surface area (Å²) in [4.78, 5) is 53.1. The number of carbonyl (C=O) groups is 4. The van der Waals surface area contributed by atoms with E-state index in [1.165, 1.54) is 0 Å². The van der Waals surface area contributed by atoms with Gasteiger partial charge in [0.05, 0.1) is 22.5 Å². The maximum Gasteiger partial charge on any atom is 0.262 e. The first-order valence-electron chi connectivity index (χ1n) is 10.6. The highest BCUT2D eigenvalue weighted by Gasteiger charge is 2.45. The summed E-state index contributed by atoms with van der Waals surface area (Å²) in [5.74, 6) is -2.01. The third kappa shape index (κ3) is 3.31. The minimum atomic E-state index is -0.975. The number of imide groups is 2. The van der Waals surface area contributed by atoms with Crippen LogP contribution in [0, 0.1) is 0 Å². The first-order chi connectivity index (χ1) is 15.4. The van der Waals surface area contributed by atoms with E-state index < -0.39 is 29.7 Å². The fraction of sp³-hybridized carbons (Fsp3) is 0.304. The van der Waals surface area contributed by atoms with Crippen molar-refractivity contribution in [3.63, 3.8) is 0 Å². The van der Waals surface area contributed by atoms with Gasteiger partial charge in [-0.15, -0.1) is 0 Å². The van der Waals surface area contributed by atoms with Gasteiger partial charge >= 0.3 is 0 Å². The van der Waals surface area contributed by atoms with E-state index >= 15 is 0 Å². The van der Waals surface area contributed by atoms with Crippen molar-refractivity contribution in [2.45, 2.75) is 31.5 Å². The standard InChI is InChI=1S/C23H23N5O4/c24-14-11-27(12-14)17-7-2-1-6-16(17)25-10-13-4-3-5-15-20(13)23(32)28(22(15)31)18-8-9-19(29)26-21(18)30/h1-7,14,18,25H,8-12,24H2,(H,26,29,30). The third-order valence-corrected chi connectivity index (χ3v) is 6.18. The van der Waals surface area contributed by atoms with Crippen LogP contribution in [-0.2, 0) is 16.1 Å². The second-order valence-corrected chi connectivity index (χ2v) is 8.32. The average molecular weight is 433 g/mol. The summed E-state index contributed by atoms with van der Waals surface area (Å²) < 4.78 is 0. The number of carbonyl (C=O) groups excluding carboxylic acids is 4. The average Bonchev–Trinajstić information content (AvgIpc) is 3.01. The van der Waals surface area contributed by atoms with Gasteiger partial charge in [-0.2, -0.15) is 0 Å². The van der Waals surface area contributed by atoms with Crippen molar-refractivity contribution in [2.24, 2.45) is 5.73 Å². The number of hydrogen-bond acceptors (Lipinski definition) is 7. The largest absolute Gasteiger partial charge is 0.379 e. The predicted octanol–water partition coefficient (Wildman–Crippen LogP) is 0.847. The van der Waals surface area contributed by atoms with Gasteiger partial charge in [0.2, 0.25) is 11.8 Å². The molecule has 0 saturated carbocycles. The number of piperidine rings is 1. The highest BCUT2D eigenvalue weighted by molar-refractivity contribution is 6.24. The van der Waals surface area contributed by atoms with E-state index in [4.69, 9.17) is 5.73 Å². The van der Waals surface area contributed by atoms with E-state index in [-0.39, 0.29) is 24.4 Å². The number of hydrogen-bond donors (Lipinski definition) is 3. The molecule has 5 rings (SSSR count). The van der Waals surface area contributed by atoms with Crippen LogP contribution in [0.3, 0.4) is 0 Å². The zero-order valence-corrected chi connectivity index (χ0v) is 17.3. The van der Waals surface area contributed by atoms with Crippen LogP contribution in [-0.4, -0.2) is 53.7 Å². The Morgan fingerprint density at radius 3 is 2.53 bits per heavy atom. The molecule has 164 valence electrons. The summed E-state index contributed by atoms with van der Waals surface area (Å²) in [5, 5.41) is 5.60. The predicted molar refractivity (Wildman–Crippen MR) is 117 cm³/mol. The molecule has 2 aromatic carbocycles. The normalized spacial score (nSPS) is 20.8. The molecular weight excluding hydrogens is 410 g/mol. The maximum atomic E-state index is 13.2. The second kappa shape index (κ2) is 7.76. The van der Waals surface area contributed by atoms with Gasteiger partial charge in [0.1, 0.15) is 6.04 Å². The van der Waals surface area contributed by atoms with E-state index in [1.54, 1.807) is 18.2 Å². The lowest BCUT2D eigenvalue weighted by Gasteiger charge is -2.39. The molecule has 3 aliphatic rings. The Kier molecular flexibility index (Phi) is 4.90. The molecule has 0 aromatic heterocycles. The number of anilines is 2. The van der Waals surface area contributed by atoms with Crippen LogP contribution in [0.25, 0.3) is 0 Å². The smallest absolute Gasteiger partial charge is 0.262 e. The van der Waals surface area contributed by atoms with Crippen molar-refractivity contribution < 1.29 is 19.2 Å². The molecule has 1 unspecified atom stereocenters. The second-order valence-electron chi connectivity index (χ2n) is 8.32. The van der Waals surface area contributed by atoms with Gasteiger partial charge < -0.3 is 16.0 Å². The van der Waals surface area contributed by atoms with Crippen molar-refractivity contribution >= 4 is 35.0 Å². The Hall–Kier alpha value is -3.72. The van der Waals surface area contributed by atoms with Crippen LogP contribution in [0.2, 0.25) is 0 Å². The van der Waals surface area contributed by atoms with E-state index in [0.29, 0.717) is 17.7 Å². The van der Waals surface area contributed by atoms with Gasteiger partial charge in [-0.3, -0.25) is 29.4 Å². The van der Waals surface area contributed by atoms with Gasteiger partial charge in [-0.1, -0.05) is 24.3 Å². The van der Waals surface area contributed by atoms with E-state index in [1.807, 2.05) is 24.3 Å². The SMILES string of the molecule is NC1CN(c2ccccc2NCc2cccc3c2C(=O)N(C2CCC(=O)NC2=O)C3=O)C1. The lowest BCUT2D eigenvalue weighted by molar-refractivity contribution is -0.136. The molecule has 2 saturated heterocycles. The number of nitrogens with one attached hydrogen (secondary N) is 2. The highest BCUT2D eigenvalue weighted by Crippen LogP contribution is 2.32. The Balaban J connectivity index is 1.39. The number of benzene rings is 2. The highest BCUT2D eigenvalue weighted by atomic mass is 16.2. The fourth-order valence-corrected chi connectivity index (χ4v) is 4.53. The number of nitrogens with two attached hydrogens (primary N) is 1. The van der Waals surface area contributed by atoms with Crippen molar-refractivity contribution in [3.8, 4) is 0 Å². The molecule has 1 atom stereocenters. The minimum absolute atomic E-state index is 0.0924. The summed E-state index contributed by atoms with van der Waals surface area (Å²) in [6.45, 7) is 1.91. The molecular formula is C23H23N5O4. The van der Waals surface area contributed by atoms with Gasteiger partial charge in [0.25, 0.3) is 11.8 Å². The molecule has 4 N–H and O–H groups in total. The van der Waals surface area contributed by atoms with E-state index in [0.717, 1.165) is 29.4 Å². The van der Waals surface area contributed by atoms with Crippen molar-refractivity contribution in [1.29, 1.82) is 0 Å². The Morgan fingerprint density at radius 1 is 1.00 bits per heavy atom. The minimum Gasteiger partial charge on any atom is -0.379 e. The van der Waals surface area contributed by atoms with Crippen molar-refractivity contribution in [1.82, 2.24) is 10.2 Å². The maximum absolute atomic E-state index is 13.2. The van der Waals surface area contributed by atoms with Gasteiger partial charge in [-0.05, 0) is 30.2 Å². The number of fused-ring (bicyclic) bond motifs is 1. The first-order valence-corrected chi connectivity index (χ1v) is 10.6. The van der Waals surface area contributed by atoms with E-state index in [9.17, 15) is 19.2 Å². The summed E-state index contributed by atoms with van der Waals surface area (Å²) >= 11 is 0. The van der Waals surface area contributed by atoms with Crippen LogP contribution < -0.4 is 21.3 Å². The molecule has 4 amide bonds. The molecule has 9 heteroatoms. The van der Waals surface area contributed by atoms with Crippen LogP contribution in [0.5, 0.6) is 0 Å². The molecule has 0 aliphatic carbocycles. The number of nitrogens with zero attached hydrogens (tertiary/aromatic N) is 2. The number of para-hydroxylation sites is 2. The number of rotatable bonds is 5. The summed E-state index contributed by atoms with van der Waals surface area (Å²) in [5.41, 5.74) is 9.12. The summed E-state index contributed by atoms with van der Waals surface area (Å²) in [6.07, 6.45) is 0.226. The lowest BCUT2D eigenvalue weighted by Crippen LogP contribution is -2.56. The zero-order valence-electron chi connectivity index (χ0n) is 17.3. The molecule has 0 bridgehead atoms. The quantitative estimate of drug-likeness (QED) is 0.597. The molecule has 32 heavy (non-hydrogen) atoms. The molecule has 2 fully saturated rings. The Morgan fingerprint density at radius 2 is 1.78 bits per heavy atom. The topological polar surface area (TPSA) is 125 Å². The first kappa shape index (κ1) is 20.2. The molecule has 3 aliphatic heterocycles. The third-order valence-electron chi connectivity index (χ3n) is 6.18.